The van der Waals surface area contributed by atoms with Crippen LogP contribution >= 0.6 is 0 Å². The number of phenolic OH excluding ortho intramolecular Hbond substituents is 3. The highest BCUT2D eigenvalue weighted by molar-refractivity contribution is 5.80. The van der Waals surface area contributed by atoms with Crippen molar-refractivity contribution in [2.24, 2.45) is 0 Å². The Kier molecular flexibility index (Phi) is 5.45. The first-order valence-corrected chi connectivity index (χ1v) is 8.76. The van der Waals surface area contributed by atoms with Crippen LogP contribution in [0.5, 0.6) is 17.2 Å². The molecule has 0 aliphatic rings. The van der Waals surface area contributed by atoms with Crippen LogP contribution in [0, 0.1) is 6.92 Å². The Morgan fingerprint density at radius 1 is 0.714 bits per heavy atom. The number of aldehydes is 2. The van der Waals surface area contributed by atoms with Crippen molar-refractivity contribution in [1.29, 1.82) is 0 Å². The van der Waals surface area contributed by atoms with Crippen LogP contribution < -0.4 is 0 Å². The molecule has 0 aliphatic heterocycles. The molecule has 3 aromatic carbocycles. The zero-order valence-corrected chi connectivity index (χ0v) is 15.3. The number of rotatable bonds is 6. The fourth-order valence-corrected chi connectivity index (χ4v) is 3.26. The van der Waals surface area contributed by atoms with E-state index in [1.165, 1.54) is 12.1 Å². The summed E-state index contributed by atoms with van der Waals surface area (Å²) in [5.41, 5.74) is 4.36. The van der Waals surface area contributed by atoms with Gasteiger partial charge in [-0.2, -0.15) is 0 Å². The van der Waals surface area contributed by atoms with E-state index in [0.29, 0.717) is 36.5 Å². The number of carbonyl (C=O) groups excluding carboxylic acids is 2. The van der Waals surface area contributed by atoms with Gasteiger partial charge in [-0.15, -0.1) is 0 Å². The van der Waals surface area contributed by atoms with Gasteiger partial charge in [0.2, 0.25) is 0 Å². The van der Waals surface area contributed by atoms with E-state index in [2.05, 4.69) is 0 Å². The van der Waals surface area contributed by atoms with E-state index in [1.54, 1.807) is 24.3 Å². The molecule has 0 fully saturated rings. The highest BCUT2D eigenvalue weighted by Gasteiger charge is 2.12. The molecule has 0 unspecified atom stereocenters. The maximum Gasteiger partial charge on any atom is 0.153 e. The van der Waals surface area contributed by atoms with Crippen LogP contribution in [0.15, 0.2) is 48.5 Å². The molecule has 3 aromatic rings. The number of hydrogen-bond acceptors (Lipinski definition) is 5. The molecule has 0 aromatic heterocycles. The Bertz CT molecular complexity index is 972. The summed E-state index contributed by atoms with van der Waals surface area (Å²) in [5, 5.41) is 30.1. The first-order valence-electron chi connectivity index (χ1n) is 8.76. The van der Waals surface area contributed by atoms with E-state index in [0.717, 1.165) is 16.7 Å². The molecule has 0 bridgehead atoms. The minimum absolute atomic E-state index is 0.0776. The number of aryl methyl sites for hydroxylation is 1. The summed E-state index contributed by atoms with van der Waals surface area (Å²) in [4.78, 5) is 22.1. The maximum absolute atomic E-state index is 11.0. The van der Waals surface area contributed by atoms with Gasteiger partial charge < -0.3 is 15.3 Å². The van der Waals surface area contributed by atoms with Crippen molar-refractivity contribution in [3.8, 4) is 17.2 Å². The molecule has 3 rings (SSSR count). The zero-order chi connectivity index (χ0) is 20.3. The number of aromatic hydroxyl groups is 3. The maximum atomic E-state index is 11.0. The van der Waals surface area contributed by atoms with Crippen molar-refractivity contribution in [2.75, 3.05) is 0 Å². The predicted molar refractivity (Wildman–Crippen MR) is 105 cm³/mol. The zero-order valence-electron chi connectivity index (χ0n) is 15.3. The predicted octanol–water partition coefficient (Wildman–Crippen LogP) is 3.92. The molecule has 28 heavy (non-hydrogen) atoms. The second kappa shape index (κ2) is 7.96. The van der Waals surface area contributed by atoms with Gasteiger partial charge in [0, 0.05) is 12.8 Å². The van der Waals surface area contributed by atoms with Gasteiger partial charge >= 0.3 is 0 Å². The standard InChI is InChI=1S/C23H20O5/c1-14-6-17(8-15-2-4-21(26)19(10-15)12-24)23(28)18(7-14)9-16-3-5-22(27)20(11-16)13-25/h2-7,10-13,26-28H,8-9H2,1H3. The van der Waals surface area contributed by atoms with Crippen molar-refractivity contribution in [3.63, 3.8) is 0 Å². The Morgan fingerprint density at radius 3 is 1.54 bits per heavy atom. The van der Waals surface area contributed by atoms with E-state index >= 15 is 0 Å². The van der Waals surface area contributed by atoms with Crippen LogP contribution in [-0.2, 0) is 12.8 Å². The lowest BCUT2D eigenvalue weighted by Crippen LogP contribution is -1.97. The van der Waals surface area contributed by atoms with Gasteiger partial charge in [0.05, 0.1) is 11.1 Å². The SMILES string of the molecule is Cc1cc(Cc2ccc(O)c(C=O)c2)c(O)c(Cc2ccc(O)c(C=O)c2)c1. The Labute approximate surface area is 162 Å². The molecule has 5 heteroatoms. The Hall–Kier alpha value is -3.60. The fourth-order valence-electron chi connectivity index (χ4n) is 3.26. The average molecular weight is 376 g/mol. The van der Waals surface area contributed by atoms with Crippen molar-refractivity contribution in [1.82, 2.24) is 0 Å². The number of benzene rings is 3. The third-order valence-corrected chi connectivity index (χ3v) is 4.64. The van der Waals surface area contributed by atoms with Gasteiger partial charge in [-0.3, -0.25) is 9.59 Å². The summed E-state index contributed by atoms with van der Waals surface area (Å²) in [6, 6.07) is 13.3. The molecule has 5 nitrogen and oxygen atoms in total. The highest BCUT2D eigenvalue weighted by atomic mass is 16.3. The fraction of sp³-hybridized carbons (Fsp3) is 0.130. The molecular weight excluding hydrogens is 356 g/mol. The number of carbonyl (C=O) groups is 2. The quantitative estimate of drug-likeness (QED) is 0.567. The molecule has 0 radical (unpaired) electrons. The lowest BCUT2D eigenvalue weighted by molar-refractivity contribution is 0.111. The molecule has 0 amide bonds. The van der Waals surface area contributed by atoms with Gasteiger partial charge in [0.15, 0.2) is 12.6 Å². The van der Waals surface area contributed by atoms with Crippen LogP contribution in [0.2, 0.25) is 0 Å². The molecule has 3 N–H and O–H groups in total. The molecule has 0 heterocycles. The Balaban J connectivity index is 1.94. The molecule has 0 saturated carbocycles. The van der Waals surface area contributed by atoms with Gasteiger partial charge in [-0.1, -0.05) is 29.8 Å². The van der Waals surface area contributed by atoms with E-state index in [9.17, 15) is 24.9 Å². The van der Waals surface area contributed by atoms with Gasteiger partial charge in [-0.05, 0) is 53.4 Å². The topological polar surface area (TPSA) is 94.8 Å². The largest absolute Gasteiger partial charge is 0.507 e. The van der Waals surface area contributed by atoms with Gasteiger partial charge in [0.25, 0.3) is 0 Å². The van der Waals surface area contributed by atoms with Crippen LogP contribution in [-0.4, -0.2) is 27.9 Å². The first-order chi connectivity index (χ1) is 13.4. The van der Waals surface area contributed by atoms with E-state index in [-0.39, 0.29) is 28.4 Å². The first kappa shape index (κ1) is 19.2. The molecule has 142 valence electrons. The molecule has 0 atom stereocenters. The minimum Gasteiger partial charge on any atom is -0.507 e. The van der Waals surface area contributed by atoms with Crippen molar-refractivity contribution in [3.05, 3.63) is 87.5 Å². The van der Waals surface area contributed by atoms with Crippen LogP contribution in [0.3, 0.4) is 0 Å². The molecule has 0 aliphatic carbocycles. The van der Waals surface area contributed by atoms with E-state index < -0.39 is 0 Å². The van der Waals surface area contributed by atoms with Crippen molar-refractivity contribution >= 4 is 12.6 Å². The summed E-state index contributed by atoms with van der Waals surface area (Å²) in [5.74, 6) is -0.00973. The normalized spacial score (nSPS) is 10.6. The van der Waals surface area contributed by atoms with Gasteiger partial charge in [0.1, 0.15) is 17.2 Å². The van der Waals surface area contributed by atoms with Crippen molar-refractivity contribution < 1.29 is 24.9 Å². The summed E-state index contributed by atoms with van der Waals surface area (Å²) >= 11 is 0. The third kappa shape index (κ3) is 4.04. The number of hydrogen-bond donors (Lipinski definition) is 3. The minimum atomic E-state index is -0.0776. The Morgan fingerprint density at radius 2 is 1.14 bits per heavy atom. The average Bonchev–Trinajstić information content (AvgIpc) is 2.68. The molecule has 0 saturated heterocycles. The van der Waals surface area contributed by atoms with Crippen LogP contribution in [0.1, 0.15) is 48.5 Å². The number of phenols is 3. The third-order valence-electron chi connectivity index (χ3n) is 4.64. The smallest absolute Gasteiger partial charge is 0.153 e. The van der Waals surface area contributed by atoms with E-state index in [4.69, 9.17) is 0 Å². The van der Waals surface area contributed by atoms with Crippen LogP contribution in [0.4, 0.5) is 0 Å². The van der Waals surface area contributed by atoms with E-state index in [1.807, 2.05) is 19.1 Å². The van der Waals surface area contributed by atoms with Crippen LogP contribution in [0.25, 0.3) is 0 Å². The molecular formula is C23H20O5. The summed E-state index contributed by atoms with van der Waals surface area (Å²) in [6.07, 6.45) is 1.99. The summed E-state index contributed by atoms with van der Waals surface area (Å²) in [7, 11) is 0. The lowest BCUT2D eigenvalue weighted by Gasteiger charge is -2.13. The second-order valence-electron chi connectivity index (χ2n) is 6.81. The van der Waals surface area contributed by atoms with Gasteiger partial charge in [-0.25, -0.2) is 0 Å². The summed E-state index contributed by atoms with van der Waals surface area (Å²) < 4.78 is 0. The monoisotopic (exact) mass is 376 g/mol. The highest BCUT2D eigenvalue weighted by Crippen LogP contribution is 2.30. The van der Waals surface area contributed by atoms with Crippen molar-refractivity contribution in [2.45, 2.75) is 19.8 Å². The molecule has 0 spiro atoms. The lowest BCUT2D eigenvalue weighted by atomic mass is 9.94. The second-order valence-corrected chi connectivity index (χ2v) is 6.81. The summed E-state index contributed by atoms with van der Waals surface area (Å²) in [6.45, 7) is 1.92.